The molecule has 0 bridgehead atoms. The van der Waals surface area contributed by atoms with Gasteiger partial charge < -0.3 is 15.2 Å². The molecule has 3 rings (SSSR count). The number of fused-ring (bicyclic) bond motifs is 3. The molecule has 2 N–H and O–H groups in total. The topological polar surface area (TPSA) is 47.7 Å². The number of hydrogen-bond acceptors (Lipinski definition) is 4. The van der Waals surface area contributed by atoms with Crippen LogP contribution < -0.4 is 15.2 Å². The Hall–Kier alpha value is -1.26. The maximum absolute atomic E-state index is 6.24. The largest absolute Gasteiger partial charge is 0.493 e. The van der Waals surface area contributed by atoms with E-state index in [0.29, 0.717) is 12.0 Å². The van der Waals surface area contributed by atoms with Gasteiger partial charge in [-0.3, -0.25) is 4.90 Å². The number of methoxy groups -OCH3 is 2. The van der Waals surface area contributed by atoms with Crippen LogP contribution in [0.1, 0.15) is 64.1 Å². The number of hydrogen-bond donors (Lipinski definition) is 1. The highest BCUT2D eigenvalue weighted by atomic mass is 16.5. The second kappa shape index (κ2) is 9.04. The molecule has 0 aromatic heterocycles. The Morgan fingerprint density at radius 1 is 1.04 bits per heavy atom. The van der Waals surface area contributed by atoms with Gasteiger partial charge in [0.1, 0.15) is 0 Å². The van der Waals surface area contributed by atoms with E-state index < -0.39 is 0 Å². The monoisotopic (exact) mass is 388 g/mol. The Labute approximate surface area is 171 Å². The van der Waals surface area contributed by atoms with Crippen molar-refractivity contribution < 1.29 is 9.47 Å². The molecule has 2 aliphatic heterocycles. The first-order chi connectivity index (χ1) is 13.3. The molecule has 2 heterocycles. The molecule has 0 amide bonds. The molecule has 0 radical (unpaired) electrons. The lowest BCUT2D eigenvalue weighted by Crippen LogP contribution is -2.47. The number of nitrogens with zero attached hydrogens (tertiary/aromatic N) is 1. The molecule has 0 aliphatic carbocycles. The summed E-state index contributed by atoms with van der Waals surface area (Å²) in [5.74, 6) is 4.54. The summed E-state index contributed by atoms with van der Waals surface area (Å²) >= 11 is 0. The Bertz CT molecular complexity index is 658. The van der Waals surface area contributed by atoms with Crippen LogP contribution in [-0.4, -0.2) is 38.3 Å². The first-order valence-electron chi connectivity index (χ1n) is 11.1. The standard InChI is InChI=1S/C24H40N2O2/c1-15(2)9-20-14-26-8-7-18-12-23(27-5)24(28-6)13-21(18)22(26)11-19(20)10-16(3)17(4)25/h12-13,15-17,19-20,22H,7-11,14,25H2,1-6H3/t16?,17?,19-,20+,22-/m1/s1. The van der Waals surface area contributed by atoms with Gasteiger partial charge in [0.15, 0.2) is 11.5 Å². The zero-order valence-corrected chi connectivity index (χ0v) is 18.7. The highest BCUT2D eigenvalue weighted by molar-refractivity contribution is 5.49. The SMILES string of the molecule is COc1cc2c(cc1OC)[C@H]1C[C@@H](CC(C)C(C)N)[C@@H](CC(C)C)CN1CC2. The van der Waals surface area contributed by atoms with Crippen molar-refractivity contribution >= 4 is 0 Å². The Morgan fingerprint density at radius 3 is 2.32 bits per heavy atom. The van der Waals surface area contributed by atoms with E-state index in [9.17, 15) is 0 Å². The molecule has 1 saturated heterocycles. The minimum absolute atomic E-state index is 0.265. The lowest BCUT2D eigenvalue weighted by atomic mass is 9.71. The molecule has 2 aliphatic rings. The van der Waals surface area contributed by atoms with Crippen LogP contribution in [0.5, 0.6) is 11.5 Å². The average Bonchev–Trinajstić information content (AvgIpc) is 2.66. The van der Waals surface area contributed by atoms with Gasteiger partial charge in [0.25, 0.3) is 0 Å². The average molecular weight is 389 g/mol. The lowest BCUT2D eigenvalue weighted by molar-refractivity contribution is 0.0337. The molecule has 1 aromatic carbocycles. The predicted molar refractivity (Wildman–Crippen MR) is 116 cm³/mol. The van der Waals surface area contributed by atoms with Gasteiger partial charge in [-0.15, -0.1) is 0 Å². The van der Waals surface area contributed by atoms with Crippen molar-refractivity contribution in [3.63, 3.8) is 0 Å². The molecule has 1 fully saturated rings. The van der Waals surface area contributed by atoms with Crippen molar-refractivity contribution in [1.82, 2.24) is 4.90 Å². The van der Waals surface area contributed by atoms with Gasteiger partial charge in [-0.1, -0.05) is 20.8 Å². The summed E-state index contributed by atoms with van der Waals surface area (Å²) in [6, 6.07) is 5.20. The van der Waals surface area contributed by atoms with Gasteiger partial charge in [-0.25, -0.2) is 0 Å². The zero-order chi connectivity index (χ0) is 20.4. The number of ether oxygens (including phenoxy) is 2. The van der Waals surface area contributed by atoms with Gasteiger partial charge in [0.05, 0.1) is 14.2 Å². The first-order valence-corrected chi connectivity index (χ1v) is 11.1. The van der Waals surface area contributed by atoms with Crippen LogP contribution in [0.4, 0.5) is 0 Å². The fraction of sp³-hybridized carbons (Fsp3) is 0.750. The fourth-order valence-corrected chi connectivity index (χ4v) is 5.36. The molecule has 4 heteroatoms. The van der Waals surface area contributed by atoms with E-state index >= 15 is 0 Å². The van der Waals surface area contributed by atoms with Crippen LogP contribution in [0.2, 0.25) is 0 Å². The lowest BCUT2D eigenvalue weighted by Gasteiger charge is -2.48. The fourth-order valence-electron chi connectivity index (χ4n) is 5.36. The van der Waals surface area contributed by atoms with Gasteiger partial charge in [0.2, 0.25) is 0 Å². The Kier molecular flexibility index (Phi) is 6.93. The minimum atomic E-state index is 0.265. The minimum Gasteiger partial charge on any atom is -0.493 e. The van der Waals surface area contributed by atoms with E-state index in [-0.39, 0.29) is 6.04 Å². The van der Waals surface area contributed by atoms with Crippen LogP contribution in [0, 0.1) is 23.7 Å². The molecule has 4 nitrogen and oxygen atoms in total. The second-order valence-electron chi connectivity index (χ2n) is 9.62. The number of piperidine rings is 1. The van der Waals surface area contributed by atoms with Gasteiger partial charge in [0, 0.05) is 25.2 Å². The van der Waals surface area contributed by atoms with Crippen molar-refractivity contribution in [3.05, 3.63) is 23.3 Å². The third-order valence-electron chi connectivity index (χ3n) is 7.12. The van der Waals surface area contributed by atoms with Crippen LogP contribution >= 0.6 is 0 Å². The van der Waals surface area contributed by atoms with Gasteiger partial charge in [-0.05, 0) is 79.5 Å². The summed E-state index contributed by atoms with van der Waals surface area (Å²) in [6.07, 6.45) is 4.89. The molecule has 0 spiro atoms. The molecule has 1 aromatic rings. The van der Waals surface area contributed by atoms with E-state index in [2.05, 4.69) is 44.7 Å². The van der Waals surface area contributed by atoms with E-state index in [1.54, 1.807) is 14.2 Å². The molecular formula is C24H40N2O2. The van der Waals surface area contributed by atoms with Crippen LogP contribution in [0.3, 0.4) is 0 Å². The van der Waals surface area contributed by atoms with Crippen molar-refractivity contribution in [2.75, 3.05) is 27.3 Å². The molecular weight excluding hydrogens is 348 g/mol. The summed E-state index contributed by atoms with van der Waals surface area (Å²) in [7, 11) is 3.46. The maximum Gasteiger partial charge on any atom is 0.161 e. The Morgan fingerprint density at radius 2 is 1.71 bits per heavy atom. The van der Waals surface area contributed by atoms with Crippen LogP contribution in [0.25, 0.3) is 0 Å². The van der Waals surface area contributed by atoms with Crippen molar-refractivity contribution in [2.45, 2.75) is 65.5 Å². The third-order valence-corrected chi connectivity index (χ3v) is 7.12. The maximum atomic E-state index is 6.24. The van der Waals surface area contributed by atoms with Gasteiger partial charge in [-0.2, -0.15) is 0 Å². The van der Waals surface area contributed by atoms with E-state index in [1.165, 1.54) is 36.9 Å². The molecule has 2 unspecified atom stereocenters. The highest BCUT2D eigenvalue weighted by Crippen LogP contribution is 2.47. The summed E-state index contributed by atoms with van der Waals surface area (Å²) < 4.78 is 11.2. The van der Waals surface area contributed by atoms with Crippen molar-refractivity contribution in [1.29, 1.82) is 0 Å². The first kappa shape index (κ1) is 21.4. The zero-order valence-electron chi connectivity index (χ0n) is 18.7. The number of benzene rings is 1. The smallest absolute Gasteiger partial charge is 0.161 e. The van der Waals surface area contributed by atoms with Crippen molar-refractivity contribution in [3.8, 4) is 11.5 Å². The van der Waals surface area contributed by atoms with Crippen LogP contribution in [-0.2, 0) is 6.42 Å². The highest BCUT2D eigenvalue weighted by Gasteiger charge is 2.40. The van der Waals surface area contributed by atoms with E-state index in [1.807, 2.05) is 0 Å². The quantitative estimate of drug-likeness (QED) is 0.738. The van der Waals surface area contributed by atoms with Gasteiger partial charge >= 0.3 is 0 Å². The molecule has 28 heavy (non-hydrogen) atoms. The number of rotatable bonds is 7. The summed E-state index contributed by atoms with van der Waals surface area (Å²) in [6.45, 7) is 11.6. The predicted octanol–water partition coefficient (Wildman–Crippen LogP) is 4.66. The van der Waals surface area contributed by atoms with Crippen molar-refractivity contribution in [2.24, 2.45) is 29.4 Å². The molecule has 158 valence electrons. The summed E-state index contributed by atoms with van der Waals surface area (Å²) in [4.78, 5) is 2.73. The van der Waals surface area contributed by atoms with E-state index in [0.717, 1.165) is 42.2 Å². The molecule has 5 atom stereocenters. The number of nitrogens with two attached hydrogens (primary N) is 1. The van der Waals surface area contributed by atoms with Crippen LogP contribution in [0.15, 0.2) is 12.1 Å². The van der Waals surface area contributed by atoms with E-state index in [4.69, 9.17) is 15.2 Å². The molecule has 0 saturated carbocycles. The second-order valence-corrected chi connectivity index (χ2v) is 9.62. The normalized spacial score (nSPS) is 27.1. The summed E-state index contributed by atoms with van der Waals surface area (Å²) in [5, 5.41) is 0. The third kappa shape index (κ3) is 4.49. The Balaban J connectivity index is 1.89. The summed E-state index contributed by atoms with van der Waals surface area (Å²) in [5.41, 5.74) is 9.12.